The molecule has 1 rings (SSSR count). The molecular weight excluding hydrogens is 358 g/mol. The summed E-state index contributed by atoms with van der Waals surface area (Å²) in [4.78, 5) is 10.0. The number of unbranched alkanes of at least 4 members (excludes halogenated alkanes) is 3. The van der Waals surface area contributed by atoms with Crippen LogP contribution in [0.5, 0.6) is 5.75 Å². The highest BCUT2D eigenvalue weighted by Gasteiger charge is 2.12. The maximum atomic E-state index is 10.0. The number of carbonyl (C=O) groups excluding carboxylic acids is 1. The van der Waals surface area contributed by atoms with Crippen molar-refractivity contribution in [1.29, 1.82) is 0 Å². The van der Waals surface area contributed by atoms with Crippen LogP contribution in [0.2, 0.25) is 0 Å². The SMILES string of the molecule is CC(C)(C)OC(N)=O.Cc1ccc(OCCCCCCBr)cc1. The molecule has 0 saturated heterocycles. The predicted molar refractivity (Wildman–Crippen MR) is 99.4 cm³/mol. The zero-order valence-electron chi connectivity index (χ0n) is 14.7. The van der Waals surface area contributed by atoms with E-state index in [9.17, 15) is 4.79 Å². The zero-order valence-corrected chi connectivity index (χ0v) is 16.3. The number of halogens is 1. The molecule has 0 aliphatic carbocycles. The van der Waals surface area contributed by atoms with E-state index >= 15 is 0 Å². The van der Waals surface area contributed by atoms with Crippen LogP contribution in [-0.2, 0) is 4.74 Å². The van der Waals surface area contributed by atoms with Gasteiger partial charge in [-0.25, -0.2) is 4.79 Å². The Kier molecular flexibility index (Phi) is 11.6. The van der Waals surface area contributed by atoms with Gasteiger partial charge in [-0.15, -0.1) is 0 Å². The molecule has 23 heavy (non-hydrogen) atoms. The Morgan fingerprint density at radius 3 is 2.09 bits per heavy atom. The molecular formula is C18H30BrNO3. The molecule has 4 nitrogen and oxygen atoms in total. The molecule has 0 saturated carbocycles. The van der Waals surface area contributed by atoms with Gasteiger partial charge in [-0.1, -0.05) is 46.5 Å². The van der Waals surface area contributed by atoms with Crippen LogP contribution in [-0.4, -0.2) is 23.6 Å². The highest BCUT2D eigenvalue weighted by Crippen LogP contribution is 2.12. The van der Waals surface area contributed by atoms with E-state index in [0.29, 0.717) is 0 Å². The molecule has 0 aliphatic heterocycles. The minimum atomic E-state index is -0.725. The third kappa shape index (κ3) is 15.4. The van der Waals surface area contributed by atoms with Crippen LogP contribution in [0.25, 0.3) is 0 Å². The van der Waals surface area contributed by atoms with Gasteiger partial charge < -0.3 is 15.2 Å². The average Bonchev–Trinajstić information content (AvgIpc) is 2.42. The minimum Gasteiger partial charge on any atom is -0.494 e. The molecule has 1 amide bonds. The number of rotatable bonds is 7. The number of nitrogens with two attached hydrogens (primary N) is 1. The Hall–Kier alpha value is -1.23. The van der Waals surface area contributed by atoms with Crippen molar-refractivity contribution in [3.63, 3.8) is 0 Å². The maximum absolute atomic E-state index is 10.0. The number of benzene rings is 1. The third-order valence-corrected chi connectivity index (χ3v) is 3.29. The number of carbonyl (C=O) groups is 1. The number of ether oxygens (including phenoxy) is 2. The van der Waals surface area contributed by atoms with Gasteiger partial charge in [0.2, 0.25) is 0 Å². The molecule has 0 fully saturated rings. The van der Waals surface area contributed by atoms with Gasteiger partial charge in [-0.2, -0.15) is 0 Å². The Labute approximate surface area is 148 Å². The monoisotopic (exact) mass is 387 g/mol. The maximum Gasteiger partial charge on any atom is 0.405 e. The van der Waals surface area contributed by atoms with Crippen molar-refractivity contribution >= 4 is 22.0 Å². The van der Waals surface area contributed by atoms with E-state index < -0.39 is 11.7 Å². The van der Waals surface area contributed by atoms with Gasteiger partial charge in [0.15, 0.2) is 0 Å². The molecule has 0 aliphatic rings. The molecule has 5 heteroatoms. The van der Waals surface area contributed by atoms with E-state index in [4.69, 9.17) is 10.5 Å². The molecule has 0 spiro atoms. The number of alkyl halides is 1. The van der Waals surface area contributed by atoms with E-state index in [2.05, 4.69) is 39.7 Å². The number of aryl methyl sites for hydroxylation is 1. The van der Waals surface area contributed by atoms with Crippen molar-refractivity contribution in [1.82, 2.24) is 0 Å². The summed E-state index contributed by atoms with van der Waals surface area (Å²) in [6.07, 6.45) is 4.25. The lowest BCUT2D eigenvalue weighted by molar-refractivity contribution is 0.0600. The molecule has 0 aromatic heterocycles. The van der Waals surface area contributed by atoms with Gasteiger partial charge in [0, 0.05) is 5.33 Å². The topological polar surface area (TPSA) is 61.5 Å². The molecule has 132 valence electrons. The summed E-state index contributed by atoms with van der Waals surface area (Å²) in [7, 11) is 0. The van der Waals surface area contributed by atoms with Crippen LogP contribution in [0.15, 0.2) is 24.3 Å². The first kappa shape index (κ1) is 21.8. The standard InChI is InChI=1S/C13H19BrO.C5H11NO2/c1-12-6-8-13(9-7-12)15-11-5-3-2-4-10-14;1-5(2,3)8-4(6)7/h6-9H,2-5,10-11H2,1H3;1-3H3,(H2,6,7). The lowest BCUT2D eigenvalue weighted by Crippen LogP contribution is -2.27. The van der Waals surface area contributed by atoms with Crippen molar-refractivity contribution in [2.24, 2.45) is 5.73 Å². The van der Waals surface area contributed by atoms with E-state index in [1.807, 2.05) is 12.1 Å². The minimum absolute atomic E-state index is 0.453. The second kappa shape index (κ2) is 12.2. The summed E-state index contributed by atoms with van der Waals surface area (Å²) in [5, 5.41) is 1.12. The number of hydrogen-bond acceptors (Lipinski definition) is 3. The van der Waals surface area contributed by atoms with Gasteiger partial charge >= 0.3 is 6.09 Å². The van der Waals surface area contributed by atoms with Crippen LogP contribution in [0.3, 0.4) is 0 Å². The summed E-state index contributed by atoms with van der Waals surface area (Å²) >= 11 is 3.43. The fraction of sp³-hybridized carbons (Fsp3) is 0.611. The molecule has 0 heterocycles. The lowest BCUT2D eigenvalue weighted by atomic mass is 10.2. The summed E-state index contributed by atoms with van der Waals surface area (Å²) in [6.45, 7) is 8.21. The Bertz CT molecular complexity index is 427. The molecule has 2 N–H and O–H groups in total. The molecule has 0 radical (unpaired) electrons. The Balaban J connectivity index is 0.000000515. The van der Waals surface area contributed by atoms with Gasteiger partial charge in [-0.05, 0) is 52.7 Å². The fourth-order valence-electron chi connectivity index (χ4n) is 1.68. The first-order valence-electron chi connectivity index (χ1n) is 7.98. The fourth-order valence-corrected chi connectivity index (χ4v) is 2.07. The molecule has 0 bridgehead atoms. The average molecular weight is 388 g/mol. The Morgan fingerprint density at radius 2 is 1.65 bits per heavy atom. The van der Waals surface area contributed by atoms with Crippen LogP contribution in [0.4, 0.5) is 4.79 Å². The molecule has 0 atom stereocenters. The van der Waals surface area contributed by atoms with E-state index in [-0.39, 0.29) is 0 Å². The van der Waals surface area contributed by atoms with E-state index in [1.165, 1.54) is 24.8 Å². The first-order chi connectivity index (χ1) is 10.7. The van der Waals surface area contributed by atoms with Crippen LogP contribution in [0.1, 0.15) is 52.0 Å². The third-order valence-electron chi connectivity index (χ3n) is 2.72. The summed E-state index contributed by atoms with van der Waals surface area (Å²) in [6, 6.07) is 8.24. The second-order valence-electron chi connectivity index (χ2n) is 6.30. The first-order valence-corrected chi connectivity index (χ1v) is 9.10. The van der Waals surface area contributed by atoms with Gasteiger partial charge in [0.05, 0.1) is 6.61 Å². The van der Waals surface area contributed by atoms with Crippen LogP contribution < -0.4 is 10.5 Å². The van der Waals surface area contributed by atoms with Crippen molar-refractivity contribution in [3.05, 3.63) is 29.8 Å². The largest absolute Gasteiger partial charge is 0.494 e. The highest BCUT2D eigenvalue weighted by molar-refractivity contribution is 9.09. The summed E-state index contributed by atoms with van der Waals surface area (Å²) in [5.74, 6) is 0.987. The highest BCUT2D eigenvalue weighted by atomic mass is 79.9. The number of primary amides is 1. The summed E-state index contributed by atoms with van der Waals surface area (Å²) in [5.41, 5.74) is 5.54. The lowest BCUT2D eigenvalue weighted by Gasteiger charge is -2.16. The zero-order chi connectivity index (χ0) is 17.7. The van der Waals surface area contributed by atoms with Gasteiger partial charge in [0.1, 0.15) is 11.4 Å². The van der Waals surface area contributed by atoms with Crippen molar-refractivity contribution in [2.45, 2.75) is 59.0 Å². The predicted octanol–water partition coefficient (Wildman–Crippen LogP) is 5.21. The smallest absolute Gasteiger partial charge is 0.405 e. The van der Waals surface area contributed by atoms with Gasteiger partial charge in [0.25, 0.3) is 0 Å². The molecule has 1 aromatic rings. The van der Waals surface area contributed by atoms with Crippen LogP contribution in [0, 0.1) is 6.92 Å². The van der Waals surface area contributed by atoms with Crippen molar-refractivity contribution in [2.75, 3.05) is 11.9 Å². The van der Waals surface area contributed by atoms with Crippen molar-refractivity contribution < 1.29 is 14.3 Å². The molecule has 1 aromatic carbocycles. The van der Waals surface area contributed by atoms with E-state index in [1.54, 1.807) is 20.8 Å². The second-order valence-corrected chi connectivity index (χ2v) is 7.09. The van der Waals surface area contributed by atoms with Crippen LogP contribution >= 0.6 is 15.9 Å². The number of hydrogen-bond donors (Lipinski definition) is 1. The van der Waals surface area contributed by atoms with Gasteiger partial charge in [-0.3, -0.25) is 0 Å². The quantitative estimate of drug-likeness (QED) is 0.515. The van der Waals surface area contributed by atoms with Crippen molar-refractivity contribution in [3.8, 4) is 5.75 Å². The molecule has 0 unspecified atom stereocenters. The van der Waals surface area contributed by atoms with E-state index in [0.717, 1.165) is 24.1 Å². The number of amides is 1. The normalized spacial score (nSPS) is 10.5. The summed E-state index contributed by atoms with van der Waals surface area (Å²) < 4.78 is 10.2. The Morgan fingerprint density at radius 1 is 1.09 bits per heavy atom.